The summed E-state index contributed by atoms with van der Waals surface area (Å²) in [6, 6.07) is -0.862. The molecule has 3 atom stereocenters. The monoisotopic (exact) mass is 587 g/mol. The molecule has 8 nitrogen and oxygen atoms in total. The molecule has 9 heteroatoms. The number of aliphatic hydroxyl groups is 1. The highest BCUT2D eigenvalue weighted by atomic mass is 31.2. The minimum atomic E-state index is -4.30. The molecule has 0 aromatic carbocycles. The number of hydrogen-bond acceptors (Lipinski definition) is 5. The van der Waals surface area contributed by atoms with Crippen molar-refractivity contribution in [3.63, 3.8) is 0 Å². The van der Waals surface area contributed by atoms with E-state index in [1.807, 2.05) is 27.2 Å². The largest absolute Gasteiger partial charge is 0.472 e. The van der Waals surface area contributed by atoms with Gasteiger partial charge in [0.25, 0.3) is 0 Å². The Morgan fingerprint density at radius 3 is 1.90 bits per heavy atom. The van der Waals surface area contributed by atoms with Crippen LogP contribution in [0.25, 0.3) is 0 Å². The van der Waals surface area contributed by atoms with Crippen LogP contribution < -0.4 is 5.32 Å². The van der Waals surface area contributed by atoms with Crippen molar-refractivity contribution in [2.75, 3.05) is 40.9 Å². The summed E-state index contributed by atoms with van der Waals surface area (Å²) in [4.78, 5) is 21.8. The average molecular weight is 588 g/mol. The minimum Gasteiger partial charge on any atom is -0.387 e. The standard InChI is InChI=1S/C31H59N2O6P/c1-6-8-9-10-11-12-13-14-15-16-17-18-19-20-21-22-23-24-25-30(34)29(32-31(35)7-2)28-39-40(36,37)38-27-26-33(3,4)5/h16-17,20-21,24-25,29-30,34H,6-15,18-19,22-23,26-28H2,1-5H3,(H-,32,35,36,37)/p+1/b17-16+,21-20+,25-24+. The maximum Gasteiger partial charge on any atom is 0.472 e. The van der Waals surface area contributed by atoms with Crippen LogP contribution >= 0.6 is 7.82 Å². The molecule has 0 bridgehead atoms. The summed E-state index contributed by atoms with van der Waals surface area (Å²) in [6.45, 7) is 4.18. The molecule has 0 spiro atoms. The quantitative estimate of drug-likeness (QED) is 0.0443. The fraction of sp³-hybridized carbons (Fsp3) is 0.774. The number of allylic oxidation sites excluding steroid dienone is 5. The minimum absolute atomic E-state index is 0.0504. The summed E-state index contributed by atoms with van der Waals surface area (Å²) in [5.41, 5.74) is 0. The second-order valence-corrected chi connectivity index (χ2v) is 12.9. The molecule has 3 unspecified atom stereocenters. The highest BCUT2D eigenvalue weighted by Crippen LogP contribution is 2.43. The van der Waals surface area contributed by atoms with E-state index in [2.05, 4.69) is 36.5 Å². The number of hydrogen-bond donors (Lipinski definition) is 3. The lowest BCUT2D eigenvalue weighted by atomic mass is 10.1. The normalized spacial score (nSPS) is 15.7. The molecule has 0 aliphatic rings. The zero-order valence-electron chi connectivity index (χ0n) is 26.1. The zero-order chi connectivity index (χ0) is 30.1. The molecule has 0 saturated carbocycles. The molecule has 40 heavy (non-hydrogen) atoms. The van der Waals surface area contributed by atoms with Crippen molar-refractivity contribution < 1.29 is 32.9 Å². The van der Waals surface area contributed by atoms with E-state index in [-0.39, 0.29) is 25.5 Å². The molecule has 0 rings (SSSR count). The Hall–Kier alpha value is -1.28. The molecule has 0 radical (unpaired) electrons. The smallest absolute Gasteiger partial charge is 0.387 e. The van der Waals surface area contributed by atoms with Gasteiger partial charge in [0.05, 0.1) is 39.9 Å². The number of nitrogens with zero attached hydrogens (tertiary/aromatic N) is 1. The number of phosphoric acid groups is 1. The molecule has 0 saturated heterocycles. The van der Waals surface area contributed by atoms with Gasteiger partial charge in [0.15, 0.2) is 0 Å². The van der Waals surface area contributed by atoms with Crippen molar-refractivity contribution in [3.8, 4) is 0 Å². The van der Waals surface area contributed by atoms with Crippen LogP contribution in [0.4, 0.5) is 0 Å². The van der Waals surface area contributed by atoms with E-state index in [9.17, 15) is 19.4 Å². The van der Waals surface area contributed by atoms with E-state index < -0.39 is 20.0 Å². The second-order valence-electron chi connectivity index (χ2n) is 11.4. The summed E-state index contributed by atoms with van der Waals surface area (Å²) >= 11 is 0. The van der Waals surface area contributed by atoms with Gasteiger partial charge in [-0.1, -0.05) is 95.2 Å². The van der Waals surface area contributed by atoms with Gasteiger partial charge in [-0.2, -0.15) is 0 Å². The van der Waals surface area contributed by atoms with E-state index in [0.717, 1.165) is 25.7 Å². The number of carbonyl (C=O) groups excluding carboxylic acids is 1. The SMILES string of the molecule is CCCCCCCCCC/C=C/CC/C=C/CC/C=C/C(O)C(COP(=O)(O)OCC[N+](C)(C)C)NC(=O)CC. The van der Waals surface area contributed by atoms with Crippen molar-refractivity contribution in [1.29, 1.82) is 0 Å². The van der Waals surface area contributed by atoms with Crippen LogP contribution in [0, 0.1) is 0 Å². The third-order valence-electron chi connectivity index (χ3n) is 6.40. The van der Waals surface area contributed by atoms with Crippen LogP contribution in [0.2, 0.25) is 0 Å². The molecule has 3 N–H and O–H groups in total. The Kier molecular flexibility index (Phi) is 23.6. The first-order valence-corrected chi connectivity index (χ1v) is 16.9. The lowest BCUT2D eigenvalue weighted by molar-refractivity contribution is -0.870. The van der Waals surface area contributed by atoms with Gasteiger partial charge in [0.1, 0.15) is 13.2 Å². The predicted octanol–water partition coefficient (Wildman–Crippen LogP) is 6.84. The maximum atomic E-state index is 12.2. The number of amides is 1. The molecule has 0 aromatic rings. The number of aliphatic hydroxyl groups excluding tert-OH is 1. The molecular formula is C31H60N2O6P+. The van der Waals surface area contributed by atoms with Gasteiger partial charge in [-0.3, -0.25) is 13.8 Å². The van der Waals surface area contributed by atoms with Gasteiger partial charge < -0.3 is 19.8 Å². The third kappa shape index (κ3) is 25.7. The van der Waals surface area contributed by atoms with Crippen molar-refractivity contribution >= 4 is 13.7 Å². The Morgan fingerprint density at radius 1 is 0.825 bits per heavy atom. The van der Waals surface area contributed by atoms with E-state index in [4.69, 9.17) is 9.05 Å². The molecule has 1 amide bonds. The first-order valence-electron chi connectivity index (χ1n) is 15.4. The van der Waals surface area contributed by atoms with Gasteiger partial charge in [-0.05, 0) is 38.5 Å². The van der Waals surface area contributed by atoms with Gasteiger partial charge in [-0.25, -0.2) is 4.57 Å². The van der Waals surface area contributed by atoms with Crippen LogP contribution in [0.5, 0.6) is 0 Å². The number of rotatable bonds is 26. The van der Waals surface area contributed by atoms with Crippen LogP contribution in [0.15, 0.2) is 36.5 Å². The number of likely N-dealkylation sites (N-methyl/N-ethyl adjacent to an activating group) is 1. The fourth-order valence-corrected chi connectivity index (χ4v) is 4.53. The molecule has 0 fully saturated rings. The summed E-state index contributed by atoms with van der Waals surface area (Å²) in [5, 5.41) is 13.2. The van der Waals surface area contributed by atoms with Crippen LogP contribution in [-0.4, -0.2) is 73.4 Å². The first kappa shape index (κ1) is 38.7. The summed E-state index contributed by atoms with van der Waals surface area (Å²) < 4.78 is 22.9. The average Bonchev–Trinajstić information content (AvgIpc) is 2.89. The topological polar surface area (TPSA) is 105 Å². The Balaban J connectivity index is 4.22. The van der Waals surface area contributed by atoms with E-state index in [0.29, 0.717) is 11.0 Å². The molecule has 0 aliphatic carbocycles. The summed E-state index contributed by atoms with van der Waals surface area (Å²) in [6.07, 6.45) is 27.2. The van der Waals surface area contributed by atoms with Crippen LogP contribution in [0.1, 0.15) is 104 Å². The van der Waals surface area contributed by atoms with Crippen molar-refractivity contribution in [2.24, 2.45) is 0 Å². The number of carbonyl (C=O) groups is 1. The number of unbranched alkanes of at least 4 members (excludes halogenated alkanes) is 10. The van der Waals surface area contributed by atoms with E-state index in [1.165, 1.54) is 57.8 Å². The van der Waals surface area contributed by atoms with E-state index >= 15 is 0 Å². The van der Waals surface area contributed by atoms with Crippen molar-refractivity contribution in [3.05, 3.63) is 36.5 Å². The highest BCUT2D eigenvalue weighted by Gasteiger charge is 2.27. The Morgan fingerprint density at radius 2 is 1.35 bits per heavy atom. The summed E-state index contributed by atoms with van der Waals surface area (Å²) in [7, 11) is 1.53. The Labute approximate surface area is 245 Å². The maximum absolute atomic E-state index is 12.2. The first-order chi connectivity index (χ1) is 19.0. The zero-order valence-corrected chi connectivity index (χ0v) is 27.0. The molecule has 234 valence electrons. The predicted molar refractivity (Wildman–Crippen MR) is 166 cm³/mol. The fourth-order valence-electron chi connectivity index (χ4n) is 3.80. The number of quaternary nitrogens is 1. The highest BCUT2D eigenvalue weighted by molar-refractivity contribution is 7.47. The van der Waals surface area contributed by atoms with Gasteiger partial charge in [-0.15, -0.1) is 0 Å². The van der Waals surface area contributed by atoms with Crippen molar-refractivity contribution in [2.45, 2.75) is 116 Å². The lowest BCUT2D eigenvalue weighted by Gasteiger charge is -2.25. The molecule has 0 aromatic heterocycles. The Bertz CT molecular complexity index is 763. The third-order valence-corrected chi connectivity index (χ3v) is 7.39. The van der Waals surface area contributed by atoms with E-state index in [1.54, 1.807) is 13.0 Å². The molecular weight excluding hydrogens is 527 g/mol. The van der Waals surface area contributed by atoms with Gasteiger partial charge in [0, 0.05) is 6.42 Å². The molecule has 0 heterocycles. The van der Waals surface area contributed by atoms with Crippen LogP contribution in [-0.2, 0) is 18.4 Å². The molecule has 0 aliphatic heterocycles. The summed E-state index contributed by atoms with van der Waals surface area (Å²) in [5.74, 6) is -0.283. The van der Waals surface area contributed by atoms with Gasteiger partial charge in [0.2, 0.25) is 5.91 Å². The number of phosphoric ester groups is 1. The lowest BCUT2D eigenvalue weighted by Crippen LogP contribution is -2.45. The second kappa shape index (κ2) is 24.3. The number of nitrogens with one attached hydrogen (secondary N) is 1. The van der Waals surface area contributed by atoms with Crippen molar-refractivity contribution in [1.82, 2.24) is 5.32 Å². The van der Waals surface area contributed by atoms with Gasteiger partial charge >= 0.3 is 7.82 Å². The van der Waals surface area contributed by atoms with Crippen LogP contribution in [0.3, 0.4) is 0 Å².